The van der Waals surface area contributed by atoms with E-state index < -0.39 is 28.1 Å². The van der Waals surface area contributed by atoms with E-state index in [0.29, 0.717) is 0 Å². The number of hydrogen-bond donors (Lipinski definition) is 3. The third-order valence-corrected chi connectivity index (χ3v) is 3.46. The van der Waals surface area contributed by atoms with Crippen LogP contribution in [0.2, 0.25) is 0 Å². The van der Waals surface area contributed by atoms with Gasteiger partial charge < -0.3 is 18.9 Å². The molecule has 0 spiro atoms. The van der Waals surface area contributed by atoms with Crippen LogP contribution in [0.15, 0.2) is 24.3 Å². The molecule has 0 unspecified atom stereocenters. The zero-order valence-corrected chi connectivity index (χ0v) is 14.8. The third kappa shape index (κ3) is 4.18. The number of alkyl halides is 3. The molecule has 8 nitrogen and oxygen atoms in total. The van der Waals surface area contributed by atoms with Gasteiger partial charge in [-0.2, -0.15) is 18.3 Å². The summed E-state index contributed by atoms with van der Waals surface area (Å²) in [6, 6.07) is 5.49. The number of nitrogens with zero attached hydrogens (tertiary/aromatic N) is 3. The van der Waals surface area contributed by atoms with Gasteiger partial charge in [0.25, 0.3) is 0 Å². The van der Waals surface area contributed by atoms with Gasteiger partial charge in [-0.15, -0.1) is 0 Å². The van der Waals surface area contributed by atoms with Crippen molar-refractivity contribution in [2.24, 2.45) is 0 Å². The number of nitrogens with one attached hydrogen (secondary N) is 2. The van der Waals surface area contributed by atoms with Crippen LogP contribution >= 0.6 is 0 Å². The van der Waals surface area contributed by atoms with Crippen LogP contribution in [-0.4, -0.2) is 41.4 Å². The Hall–Kier alpha value is -2.49. The first kappa shape index (κ1) is 19.8. The Bertz CT molecular complexity index is 996. The molecule has 1 radical (unpaired) electrons. The first-order chi connectivity index (χ1) is 12.3. The maximum absolute atomic E-state index is 13.2. The standard InChI is InChI=1S/C12H8F3N6O2S.CH2.Al/c13-12(14,15)8-7-9(16)19-20-11(7)18-10(17-8)5-1-3-6(4-2-5)21-24(22)23;;/h1-4H,(H,21,22,23)(H3,16,17,18,19,20);1H2;/q-1;;. The second-order valence-electron chi connectivity index (χ2n) is 4.64. The molecule has 0 atom stereocenters. The van der Waals surface area contributed by atoms with Gasteiger partial charge in [0, 0.05) is 22.1 Å². The average Bonchev–Trinajstić information content (AvgIpc) is 2.96. The molecule has 1 aromatic carbocycles. The van der Waals surface area contributed by atoms with Crippen molar-refractivity contribution in [2.75, 3.05) is 10.5 Å². The van der Waals surface area contributed by atoms with Crippen molar-refractivity contribution in [1.29, 1.82) is 0 Å². The molecule has 0 bridgehead atoms. The summed E-state index contributed by atoms with van der Waals surface area (Å²) in [5.74, 6) is -0.488. The molecule has 0 aliphatic heterocycles. The van der Waals surface area contributed by atoms with Crippen molar-refractivity contribution < 1.29 is 21.6 Å². The fraction of sp³-hybridized carbons (Fsp3) is 0.0769. The van der Waals surface area contributed by atoms with Crippen LogP contribution in [0, 0.1) is 0 Å². The van der Waals surface area contributed by atoms with E-state index in [1.54, 1.807) is 0 Å². The van der Waals surface area contributed by atoms with Gasteiger partial charge in [0.05, 0.1) is 5.39 Å². The number of rotatable bonds is 3. The molecule has 0 saturated heterocycles. The Balaban J connectivity index is 0.00000117. The second-order valence-corrected chi connectivity index (χ2v) is 5.32. The summed E-state index contributed by atoms with van der Waals surface area (Å²) >= 11 is 2.17. The third-order valence-electron chi connectivity index (χ3n) is 3.05. The van der Waals surface area contributed by atoms with E-state index in [1.807, 2.05) is 0 Å². The minimum atomic E-state index is -4.74. The molecular weight excluding hydrogens is 388 g/mol. The van der Waals surface area contributed by atoms with Crippen molar-refractivity contribution in [3.63, 3.8) is 0 Å². The number of halogens is 3. The number of nitrogens with two attached hydrogens (primary N) is 1. The van der Waals surface area contributed by atoms with Crippen LogP contribution in [0.1, 0.15) is 5.69 Å². The Morgan fingerprint density at radius 1 is 1.15 bits per heavy atom. The fourth-order valence-electron chi connectivity index (χ4n) is 2.06. The quantitative estimate of drug-likeness (QED) is 0.457. The first-order valence-electron chi connectivity index (χ1n) is 6.71. The number of hydrogen-bond acceptors (Lipinski definition) is 7. The molecule has 3 aromatic rings. The summed E-state index contributed by atoms with van der Waals surface area (Å²) in [6.45, 7) is 0. The Labute approximate surface area is 154 Å². The normalized spacial score (nSPS) is 11.2. The molecule has 2 heterocycles. The first-order valence-corrected chi connectivity index (χ1v) is 8.61. The van der Waals surface area contributed by atoms with Crippen molar-refractivity contribution >= 4 is 54.7 Å². The minimum absolute atomic E-state index is 0.212. The van der Waals surface area contributed by atoms with Gasteiger partial charge in [-0.05, 0) is 24.3 Å². The molecule has 0 fully saturated rings. The maximum atomic E-state index is 13.2. The second kappa shape index (κ2) is 7.81. The van der Waals surface area contributed by atoms with E-state index in [1.165, 1.54) is 24.3 Å². The number of fused-ring (bicyclic) bond motifs is 1. The van der Waals surface area contributed by atoms with Crippen molar-refractivity contribution in [1.82, 2.24) is 20.2 Å². The molecule has 135 valence electrons. The van der Waals surface area contributed by atoms with Crippen molar-refractivity contribution in [3.05, 3.63) is 30.0 Å². The predicted octanol–water partition coefficient (Wildman–Crippen LogP) is 1.84. The van der Waals surface area contributed by atoms with Gasteiger partial charge in [0.2, 0.25) is 0 Å². The Kier molecular flexibility index (Phi) is 5.96. The number of nitrogen functional groups attached to an aromatic ring is 1. The van der Waals surface area contributed by atoms with Crippen LogP contribution in [0.4, 0.5) is 24.7 Å². The summed E-state index contributed by atoms with van der Waals surface area (Å²) in [6.07, 6.45) is -4.74. The summed E-state index contributed by atoms with van der Waals surface area (Å²) in [5, 5.41) is 8.66. The number of H-pyrrole nitrogens is 1. The number of aromatic nitrogens is 4. The molecule has 0 aliphatic rings. The van der Waals surface area contributed by atoms with Crippen LogP contribution < -0.4 is 10.5 Å². The topological polar surface area (TPSA) is 127 Å². The van der Waals surface area contributed by atoms with Gasteiger partial charge in [-0.25, -0.2) is 9.97 Å². The van der Waals surface area contributed by atoms with Gasteiger partial charge in [0.1, 0.15) is 5.82 Å². The predicted molar refractivity (Wildman–Crippen MR) is 91.8 cm³/mol. The SMILES string of the molecule is Nc1[nH]nc2nc(-c3ccc(N[S-](=O)=O)cc3)nc(C(F)(F)F)c12.[CH2]=[Al]. The molecule has 3 rings (SSSR count). The number of anilines is 2. The summed E-state index contributed by atoms with van der Waals surface area (Å²) < 4.78 is 62.8. The van der Waals surface area contributed by atoms with Crippen molar-refractivity contribution in [3.8, 4) is 11.4 Å². The summed E-state index contributed by atoms with van der Waals surface area (Å²) in [5.41, 5.74) is 4.55. The average molecular weight is 398 g/mol. The van der Waals surface area contributed by atoms with E-state index in [2.05, 4.69) is 46.1 Å². The van der Waals surface area contributed by atoms with Crippen LogP contribution in [0.25, 0.3) is 22.4 Å². The monoisotopic (exact) mass is 398 g/mol. The van der Waals surface area contributed by atoms with E-state index in [9.17, 15) is 21.6 Å². The van der Waals surface area contributed by atoms with Crippen LogP contribution in [0.5, 0.6) is 0 Å². The number of benzene rings is 1. The molecule has 2 aromatic heterocycles. The van der Waals surface area contributed by atoms with Crippen LogP contribution in [0.3, 0.4) is 0 Å². The Morgan fingerprint density at radius 2 is 1.77 bits per heavy atom. The van der Waals surface area contributed by atoms with E-state index in [-0.39, 0.29) is 28.5 Å². The zero-order valence-electron chi connectivity index (χ0n) is 12.9. The van der Waals surface area contributed by atoms with Gasteiger partial charge >= 0.3 is 27.4 Å². The molecule has 26 heavy (non-hydrogen) atoms. The number of aromatic amines is 1. The molecular formula is C13H10AlF3N6O2S-. The molecule has 13 heteroatoms. The van der Waals surface area contributed by atoms with E-state index >= 15 is 0 Å². The summed E-state index contributed by atoms with van der Waals surface area (Å²) in [4.78, 5) is 7.50. The summed E-state index contributed by atoms with van der Waals surface area (Å²) in [7, 11) is -2.51. The molecule has 4 N–H and O–H groups in total. The molecule has 0 amide bonds. The van der Waals surface area contributed by atoms with Gasteiger partial charge in [0.15, 0.2) is 17.2 Å². The van der Waals surface area contributed by atoms with Gasteiger partial charge in [-0.1, -0.05) is 0 Å². The van der Waals surface area contributed by atoms with Gasteiger partial charge in [-0.3, -0.25) is 5.10 Å². The van der Waals surface area contributed by atoms with E-state index in [4.69, 9.17) is 5.73 Å². The van der Waals surface area contributed by atoms with Crippen molar-refractivity contribution in [2.45, 2.75) is 6.18 Å². The van der Waals surface area contributed by atoms with Crippen LogP contribution in [-0.2, 0) is 25.5 Å². The zero-order chi connectivity index (χ0) is 19.5. The fourth-order valence-corrected chi connectivity index (χ4v) is 2.39. The molecule has 0 aliphatic carbocycles. The Morgan fingerprint density at radius 3 is 2.31 bits per heavy atom. The van der Waals surface area contributed by atoms with E-state index in [0.717, 1.165) is 0 Å². The molecule has 0 saturated carbocycles.